The second kappa shape index (κ2) is 6.97. The van der Waals surface area contributed by atoms with Crippen LogP contribution in [0.4, 0.5) is 10.1 Å². The lowest BCUT2D eigenvalue weighted by Crippen LogP contribution is -2.17. The van der Waals surface area contributed by atoms with Crippen molar-refractivity contribution in [3.8, 4) is 5.75 Å². The third-order valence-electron chi connectivity index (χ3n) is 2.76. The molecule has 0 spiro atoms. The van der Waals surface area contributed by atoms with Crippen molar-refractivity contribution in [3.63, 3.8) is 0 Å². The van der Waals surface area contributed by atoms with Crippen LogP contribution in [0.2, 0.25) is 0 Å². The number of rotatable bonds is 4. The SMILES string of the molecule is O=C(N/N=C\c1cc(Br)cc([N+](=O)[O-])c1O)c1ccc(F)cc1. The van der Waals surface area contributed by atoms with Gasteiger partial charge in [-0.2, -0.15) is 5.10 Å². The number of carbonyl (C=O) groups is 1. The number of halogens is 2. The van der Waals surface area contributed by atoms with Crippen molar-refractivity contribution in [3.05, 3.63) is 67.9 Å². The summed E-state index contributed by atoms with van der Waals surface area (Å²) in [5.74, 6) is -1.64. The van der Waals surface area contributed by atoms with Gasteiger partial charge in [0.15, 0.2) is 0 Å². The number of nitrogens with zero attached hydrogens (tertiary/aromatic N) is 2. The zero-order valence-corrected chi connectivity index (χ0v) is 12.9. The molecule has 2 aromatic carbocycles. The second-order valence-electron chi connectivity index (χ2n) is 4.33. The molecule has 2 rings (SSSR count). The number of aromatic hydroxyl groups is 1. The predicted molar refractivity (Wildman–Crippen MR) is 83.9 cm³/mol. The zero-order chi connectivity index (χ0) is 17.0. The van der Waals surface area contributed by atoms with E-state index in [2.05, 4.69) is 26.5 Å². The predicted octanol–water partition coefficient (Wildman–Crippen LogP) is 2.97. The van der Waals surface area contributed by atoms with Crippen molar-refractivity contribution in [2.24, 2.45) is 5.10 Å². The van der Waals surface area contributed by atoms with Gasteiger partial charge in [0, 0.05) is 21.7 Å². The lowest BCUT2D eigenvalue weighted by molar-refractivity contribution is -0.385. The van der Waals surface area contributed by atoms with Crippen LogP contribution in [-0.4, -0.2) is 22.2 Å². The van der Waals surface area contributed by atoms with Gasteiger partial charge in [-0.3, -0.25) is 14.9 Å². The normalized spacial score (nSPS) is 10.7. The molecule has 0 atom stereocenters. The number of hydrazone groups is 1. The Kier molecular flexibility index (Phi) is 5.02. The molecule has 0 fully saturated rings. The number of hydrogen-bond acceptors (Lipinski definition) is 5. The molecular weight excluding hydrogens is 373 g/mol. The Morgan fingerprint density at radius 3 is 2.61 bits per heavy atom. The Hall–Kier alpha value is -2.81. The van der Waals surface area contributed by atoms with E-state index < -0.39 is 28.1 Å². The van der Waals surface area contributed by atoms with Gasteiger partial charge >= 0.3 is 5.69 Å². The molecule has 23 heavy (non-hydrogen) atoms. The number of benzene rings is 2. The van der Waals surface area contributed by atoms with E-state index in [1.165, 1.54) is 18.2 Å². The Labute approximate surface area is 137 Å². The number of nitrogens with one attached hydrogen (secondary N) is 1. The summed E-state index contributed by atoms with van der Waals surface area (Å²) in [5.41, 5.74) is 1.91. The zero-order valence-electron chi connectivity index (χ0n) is 11.4. The van der Waals surface area contributed by atoms with Gasteiger partial charge in [0.2, 0.25) is 5.75 Å². The molecule has 118 valence electrons. The minimum absolute atomic E-state index is 0.0467. The van der Waals surface area contributed by atoms with E-state index in [1.54, 1.807) is 0 Å². The highest BCUT2D eigenvalue weighted by Gasteiger charge is 2.17. The monoisotopic (exact) mass is 381 g/mol. The quantitative estimate of drug-likeness (QED) is 0.482. The van der Waals surface area contributed by atoms with E-state index in [0.717, 1.165) is 24.4 Å². The summed E-state index contributed by atoms with van der Waals surface area (Å²) < 4.78 is 13.1. The highest BCUT2D eigenvalue weighted by Crippen LogP contribution is 2.32. The number of phenols is 1. The van der Waals surface area contributed by atoms with Gasteiger partial charge in [0.05, 0.1) is 11.1 Å². The van der Waals surface area contributed by atoms with Gasteiger partial charge in [0.25, 0.3) is 5.91 Å². The number of hydrogen-bond donors (Lipinski definition) is 2. The highest BCUT2D eigenvalue weighted by molar-refractivity contribution is 9.10. The molecule has 2 aromatic rings. The van der Waals surface area contributed by atoms with Crippen molar-refractivity contribution < 1.29 is 19.2 Å². The fraction of sp³-hybridized carbons (Fsp3) is 0. The number of nitro benzene ring substituents is 1. The molecule has 0 bridgehead atoms. The first kappa shape index (κ1) is 16.6. The van der Waals surface area contributed by atoms with Crippen LogP contribution in [0.15, 0.2) is 46.0 Å². The summed E-state index contributed by atoms with van der Waals surface area (Å²) in [5, 5.41) is 24.2. The molecule has 0 aliphatic heterocycles. The third kappa shape index (κ3) is 4.10. The largest absolute Gasteiger partial charge is 0.502 e. The molecule has 0 radical (unpaired) electrons. The van der Waals surface area contributed by atoms with Crippen LogP contribution in [-0.2, 0) is 0 Å². The third-order valence-corrected chi connectivity index (χ3v) is 3.21. The van der Waals surface area contributed by atoms with Crippen molar-refractivity contribution in [2.45, 2.75) is 0 Å². The number of amides is 1. The molecule has 1 amide bonds. The Morgan fingerprint density at radius 2 is 2.00 bits per heavy atom. The summed E-state index contributed by atoms with van der Waals surface area (Å²) in [4.78, 5) is 21.8. The summed E-state index contributed by atoms with van der Waals surface area (Å²) in [6.07, 6.45) is 1.06. The maximum absolute atomic E-state index is 12.8. The number of carbonyl (C=O) groups excluding carboxylic acids is 1. The van der Waals surface area contributed by atoms with Crippen LogP contribution in [0.25, 0.3) is 0 Å². The summed E-state index contributed by atoms with van der Waals surface area (Å²) in [6, 6.07) is 7.35. The van der Waals surface area contributed by atoms with Crippen molar-refractivity contribution >= 4 is 33.7 Å². The second-order valence-corrected chi connectivity index (χ2v) is 5.24. The van der Waals surface area contributed by atoms with Gasteiger partial charge in [-0.05, 0) is 30.3 Å². The fourth-order valence-corrected chi connectivity index (χ4v) is 2.13. The minimum atomic E-state index is -0.742. The molecule has 9 heteroatoms. The molecule has 0 aliphatic carbocycles. The van der Waals surface area contributed by atoms with Crippen LogP contribution < -0.4 is 5.43 Å². The highest BCUT2D eigenvalue weighted by atomic mass is 79.9. The van der Waals surface area contributed by atoms with Gasteiger partial charge in [-0.25, -0.2) is 9.82 Å². The van der Waals surface area contributed by atoms with Crippen LogP contribution >= 0.6 is 15.9 Å². The van der Waals surface area contributed by atoms with E-state index >= 15 is 0 Å². The topological polar surface area (TPSA) is 105 Å². The maximum Gasteiger partial charge on any atom is 0.312 e. The van der Waals surface area contributed by atoms with E-state index in [4.69, 9.17) is 0 Å². The average molecular weight is 382 g/mol. The molecule has 7 nitrogen and oxygen atoms in total. The lowest BCUT2D eigenvalue weighted by atomic mass is 10.2. The Bertz CT molecular complexity index is 793. The number of nitro groups is 1. The minimum Gasteiger partial charge on any atom is -0.502 e. The van der Waals surface area contributed by atoms with Crippen molar-refractivity contribution in [1.82, 2.24) is 5.43 Å². The Morgan fingerprint density at radius 1 is 1.35 bits per heavy atom. The van der Waals surface area contributed by atoms with E-state index in [9.17, 15) is 24.4 Å². The summed E-state index contributed by atoms with van der Waals surface area (Å²) >= 11 is 3.08. The molecule has 0 heterocycles. The van der Waals surface area contributed by atoms with Gasteiger partial charge in [-0.15, -0.1) is 0 Å². The van der Waals surface area contributed by atoms with E-state index in [-0.39, 0.29) is 11.1 Å². The Balaban J connectivity index is 2.16. The van der Waals surface area contributed by atoms with Crippen molar-refractivity contribution in [2.75, 3.05) is 0 Å². The van der Waals surface area contributed by atoms with Crippen LogP contribution in [0, 0.1) is 15.9 Å². The average Bonchev–Trinajstić information content (AvgIpc) is 2.50. The summed E-state index contributed by atoms with van der Waals surface area (Å²) in [6.45, 7) is 0. The standard InChI is InChI=1S/C14H9BrFN3O4/c15-10-5-9(13(20)12(6-10)19(22)23)7-17-18-14(21)8-1-3-11(16)4-2-8/h1-7,20H,(H,18,21)/b17-7-. The molecular formula is C14H9BrFN3O4. The maximum atomic E-state index is 12.8. The van der Waals surface area contributed by atoms with Crippen LogP contribution in [0.3, 0.4) is 0 Å². The van der Waals surface area contributed by atoms with Gasteiger partial charge in [0.1, 0.15) is 5.82 Å². The molecule has 0 unspecified atom stereocenters. The molecule has 2 N–H and O–H groups in total. The molecule has 0 aromatic heterocycles. The van der Waals surface area contributed by atoms with E-state index in [1.807, 2.05) is 0 Å². The lowest BCUT2D eigenvalue weighted by Gasteiger charge is -2.02. The fourth-order valence-electron chi connectivity index (χ4n) is 1.67. The van der Waals surface area contributed by atoms with E-state index in [0.29, 0.717) is 4.47 Å². The number of phenolic OH excluding ortho intramolecular Hbond substituents is 1. The molecule has 0 saturated heterocycles. The summed E-state index contributed by atoms with van der Waals surface area (Å²) in [7, 11) is 0. The van der Waals surface area contributed by atoms with Gasteiger partial charge in [-0.1, -0.05) is 15.9 Å². The van der Waals surface area contributed by atoms with Gasteiger partial charge < -0.3 is 5.11 Å². The first-order chi connectivity index (χ1) is 10.9. The van der Waals surface area contributed by atoms with Crippen molar-refractivity contribution in [1.29, 1.82) is 0 Å². The first-order valence-corrected chi connectivity index (χ1v) is 6.93. The molecule has 0 aliphatic rings. The first-order valence-electron chi connectivity index (χ1n) is 6.14. The van der Waals surface area contributed by atoms with Crippen LogP contribution in [0.5, 0.6) is 5.75 Å². The van der Waals surface area contributed by atoms with Crippen LogP contribution in [0.1, 0.15) is 15.9 Å². The molecule has 0 saturated carbocycles. The smallest absolute Gasteiger partial charge is 0.312 e.